The Morgan fingerprint density at radius 2 is 1.72 bits per heavy atom. The average molecular weight is 436 g/mol. The highest BCUT2D eigenvalue weighted by molar-refractivity contribution is 6.33. The van der Waals surface area contributed by atoms with Crippen molar-refractivity contribution in [2.75, 3.05) is 42.5 Å². The molecule has 0 unspecified atom stereocenters. The van der Waals surface area contributed by atoms with E-state index in [0.717, 1.165) is 5.69 Å². The Balaban J connectivity index is 1.39. The lowest BCUT2D eigenvalue weighted by Gasteiger charge is -2.37. The third-order valence-electron chi connectivity index (χ3n) is 5.47. The number of nitrogens with zero attached hydrogens (tertiary/aromatic N) is 3. The van der Waals surface area contributed by atoms with Crippen LogP contribution in [0.1, 0.15) is 6.42 Å². The van der Waals surface area contributed by atoms with Crippen molar-refractivity contribution in [3.8, 4) is 0 Å². The van der Waals surface area contributed by atoms with Gasteiger partial charge in [0.15, 0.2) is 0 Å². The first kappa shape index (κ1) is 20.0. The zero-order valence-corrected chi connectivity index (χ0v) is 17.2. The highest BCUT2D eigenvalue weighted by Crippen LogP contribution is 2.30. The zero-order chi connectivity index (χ0) is 20.5. The number of para-hydroxylation sites is 1. The first-order chi connectivity index (χ1) is 13.9. The number of amides is 2. The van der Waals surface area contributed by atoms with Gasteiger partial charge in [0.05, 0.1) is 21.7 Å². The second kappa shape index (κ2) is 8.20. The zero-order valence-electron chi connectivity index (χ0n) is 15.7. The van der Waals surface area contributed by atoms with E-state index >= 15 is 0 Å². The van der Waals surface area contributed by atoms with Crippen LogP contribution in [0.25, 0.3) is 0 Å². The monoisotopic (exact) mass is 435 g/mol. The molecule has 5 nitrogen and oxygen atoms in total. The Kier molecular flexibility index (Phi) is 5.65. The standard InChI is InChI=1S/C21H20Cl2FN3O2/c22-16-3-1-2-4-19(16)25-7-9-26(10-8-25)21(29)14-11-20(28)27(13-14)15-5-6-18(24)17(23)12-15/h1-6,12,14H,7-11,13H2/t14-/m1/s1. The Bertz CT molecular complexity index is 947. The third-order valence-corrected chi connectivity index (χ3v) is 6.08. The molecule has 0 radical (unpaired) electrons. The molecule has 29 heavy (non-hydrogen) atoms. The summed E-state index contributed by atoms with van der Waals surface area (Å²) in [6.45, 7) is 2.82. The molecule has 2 aromatic rings. The highest BCUT2D eigenvalue weighted by atomic mass is 35.5. The quantitative estimate of drug-likeness (QED) is 0.735. The minimum Gasteiger partial charge on any atom is -0.367 e. The van der Waals surface area contributed by atoms with Crippen LogP contribution in [0.5, 0.6) is 0 Å². The van der Waals surface area contributed by atoms with E-state index in [1.54, 1.807) is 0 Å². The molecule has 0 aromatic heterocycles. The minimum atomic E-state index is -0.536. The number of hydrogen-bond donors (Lipinski definition) is 0. The number of carbonyl (C=O) groups excluding carboxylic acids is 2. The SMILES string of the molecule is O=C([C@@H]1CC(=O)N(c2ccc(F)c(Cl)c2)C1)N1CCN(c2ccccc2Cl)CC1. The molecule has 0 spiro atoms. The van der Waals surface area contributed by atoms with Gasteiger partial charge >= 0.3 is 0 Å². The number of carbonyl (C=O) groups is 2. The summed E-state index contributed by atoms with van der Waals surface area (Å²) in [5, 5.41) is 0.656. The number of benzene rings is 2. The molecule has 0 saturated carbocycles. The number of halogens is 3. The fourth-order valence-electron chi connectivity index (χ4n) is 3.91. The molecule has 2 fully saturated rings. The maximum Gasteiger partial charge on any atom is 0.228 e. The fraction of sp³-hybridized carbons (Fsp3) is 0.333. The van der Waals surface area contributed by atoms with Crippen LogP contribution in [0.15, 0.2) is 42.5 Å². The predicted molar refractivity (Wildman–Crippen MR) is 112 cm³/mol. The molecule has 2 aliphatic heterocycles. The third kappa shape index (κ3) is 4.05. The summed E-state index contributed by atoms with van der Waals surface area (Å²) in [7, 11) is 0. The van der Waals surface area contributed by atoms with Crippen molar-refractivity contribution in [1.29, 1.82) is 0 Å². The lowest BCUT2D eigenvalue weighted by Crippen LogP contribution is -2.50. The van der Waals surface area contributed by atoms with E-state index in [1.165, 1.54) is 23.1 Å². The van der Waals surface area contributed by atoms with Gasteiger partial charge in [-0.1, -0.05) is 35.3 Å². The summed E-state index contributed by atoms with van der Waals surface area (Å²) in [6, 6.07) is 11.8. The minimum absolute atomic E-state index is 0.0205. The second-order valence-electron chi connectivity index (χ2n) is 7.27. The van der Waals surface area contributed by atoms with E-state index in [-0.39, 0.29) is 29.8 Å². The van der Waals surface area contributed by atoms with E-state index in [4.69, 9.17) is 23.2 Å². The van der Waals surface area contributed by atoms with Crippen molar-refractivity contribution < 1.29 is 14.0 Å². The highest BCUT2D eigenvalue weighted by Gasteiger charge is 2.38. The summed E-state index contributed by atoms with van der Waals surface area (Å²) in [6.07, 6.45) is 0.151. The van der Waals surface area contributed by atoms with Crippen LogP contribution in [0.2, 0.25) is 10.0 Å². The summed E-state index contributed by atoms with van der Waals surface area (Å²) >= 11 is 12.1. The molecule has 2 aliphatic rings. The van der Waals surface area contributed by atoms with Gasteiger partial charge in [0, 0.05) is 44.8 Å². The first-order valence-electron chi connectivity index (χ1n) is 9.47. The van der Waals surface area contributed by atoms with E-state index in [0.29, 0.717) is 36.9 Å². The van der Waals surface area contributed by atoms with Crippen LogP contribution in [0, 0.1) is 11.7 Å². The molecule has 8 heteroatoms. The van der Waals surface area contributed by atoms with Crippen LogP contribution in [-0.2, 0) is 9.59 Å². The molecule has 152 valence electrons. The Labute approximate surface area is 178 Å². The smallest absolute Gasteiger partial charge is 0.228 e. The topological polar surface area (TPSA) is 43.9 Å². The van der Waals surface area contributed by atoms with E-state index in [1.807, 2.05) is 29.2 Å². The summed E-state index contributed by atoms with van der Waals surface area (Å²) < 4.78 is 13.4. The molecule has 4 rings (SSSR count). The molecule has 2 saturated heterocycles. The summed E-state index contributed by atoms with van der Waals surface area (Å²) in [4.78, 5) is 30.9. The first-order valence-corrected chi connectivity index (χ1v) is 10.2. The number of anilines is 2. The van der Waals surface area contributed by atoms with Crippen LogP contribution in [-0.4, -0.2) is 49.4 Å². The number of hydrogen-bond acceptors (Lipinski definition) is 3. The predicted octanol–water partition coefficient (Wildman–Crippen LogP) is 3.83. The van der Waals surface area contributed by atoms with Crippen LogP contribution in [0.4, 0.5) is 15.8 Å². The van der Waals surface area contributed by atoms with Gasteiger partial charge in [0.2, 0.25) is 11.8 Å². The average Bonchev–Trinajstić information content (AvgIpc) is 3.12. The fourth-order valence-corrected chi connectivity index (χ4v) is 4.34. The van der Waals surface area contributed by atoms with Gasteiger partial charge in [-0.05, 0) is 30.3 Å². The van der Waals surface area contributed by atoms with Crippen molar-refractivity contribution in [1.82, 2.24) is 4.90 Å². The van der Waals surface area contributed by atoms with E-state index < -0.39 is 11.7 Å². The van der Waals surface area contributed by atoms with Gasteiger partial charge in [-0.2, -0.15) is 0 Å². The molecule has 2 amide bonds. The summed E-state index contributed by atoms with van der Waals surface area (Å²) in [5.74, 6) is -1.11. The normalized spacial score (nSPS) is 19.8. The largest absolute Gasteiger partial charge is 0.367 e. The maximum absolute atomic E-state index is 13.4. The Morgan fingerprint density at radius 1 is 1.00 bits per heavy atom. The molecule has 0 bridgehead atoms. The molecule has 2 aromatic carbocycles. The van der Waals surface area contributed by atoms with Gasteiger partial charge in [-0.15, -0.1) is 0 Å². The summed E-state index contributed by atoms with van der Waals surface area (Å²) in [5.41, 5.74) is 1.48. The lowest BCUT2D eigenvalue weighted by molar-refractivity contribution is -0.136. The number of piperazine rings is 1. The lowest BCUT2D eigenvalue weighted by atomic mass is 10.1. The van der Waals surface area contributed by atoms with Gasteiger partial charge in [-0.3, -0.25) is 9.59 Å². The van der Waals surface area contributed by atoms with Gasteiger partial charge in [-0.25, -0.2) is 4.39 Å². The van der Waals surface area contributed by atoms with Crippen LogP contribution in [0.3, 0.4) is 0 Å². The maximum atomic E-state index is 13.4. The molecular weight excluding hydrogens is 416 g/mol. The Morgan fingerprint density at radius 3 is 2.41 bits per heavy atom. The molecular formula is C21H20Cl2FN3O2. The van der Waals surface area contributed by atoms with Crippen molar-refractivity contribution >= 4 is 46.4 Å². The van der Waals surface area contributed by atoms with E-state index in [2.05, 4.69) is 4.90 Å². The second-order valence-corrected chi connectivity index (χ2v) is 8.08. The van der Waals surface area contributed by atoms with Gasteiger partial charge < -0.3 is 14.7 Å². The Hall–Kier alpha value is -2.31. The van der Waals surface area contributed by atoms with Crippen molar-refractivity contribution in [3.05, 3.63) is 58.3 Å². The van der Waals surface area contributed by atoms with Crippen molar-refractivity contribution in [3.63, 3.8) is 0 Å². The molecule has 0 aliphatic carbocycles. The van der Waals surface area contributed by atoms with Crippen molar-refractivity contribution in [2.24, 2.45) is 5.92 Å². The molecule has 2 heterocycles. The molecule has 0 N–H and O–H groups in total. The van der Waals surface area contributed by atoms with Gasteiger partial charge in [0.25, 0.3) is 0 Å². The van der Waals surface area contributed by atoms with Crippen LogP contribution < -0.4 is 9.80 Å². The van der Waals surface area contributed by atoms with Crippen LogP contribution >= 0.6 is 23.2 Å². The molecule has 1 atom stereocenters. The van der Waals surface area contributed by atoms with Gasteiger partial charge in [0.1, 0.15) is 5.82 Å². The van der Waals surface area contributed by atoms with E-state index in [9.17, 15) is 14.0 Å². The number of rotatable bonds is 3. The van der Waals surface area contributed by atoms with Crippen molar-refractivity contribution in [2.45, 2.75) is 6.42 Å².